The van der Waals surface area contributed by atoms with E-state index in [0.717, 1.165) is 38.2 Å². The third kappa shape index (κ3) is 2.78. The molecular formula is C15H20N4O3. The highest BCUT2D eigenvalue weighted by atomic mass is 16.5. The van der Waals surface area contributed by atoms with Crippen LogP contribution >= 0.6 is 0 Å². The predicted octanol–water partition coefficient (Wildman–Crippen LogP) is 1.89. The predicted molar refractivity (Wildman–Crippen MR) is 77.1 cm³/mol. The van der Waals surface area contributed by atoms with Crippen LogP contribution in [0.1, 0.15) is 36.4 Å². The van der Waals surface area contributed by atoms with E-state index >= 15 is 0 Å². The van der Waals surface area contributed by atoms with Crippen molar-refractivity contribution in [3.8, 4) is 11.5 Å². The lowest BCUT2D eigenvalue weighted by Crippen LogP contribution is -2.09. The molecule has 1 atom stereocenters. The Balaban J connectivity index is 1.39. The van der Waals surface area contributed by atoms with Crippen LogP contribution in [-0.4, -0.2) is 40.2 Å². The quantitative estimate of drug-likeness (QED) is 0.908. The minimum atomic E-state index is 0.343. The number of fused-ring (bicyclic) bond motifs is 1. The molecular weight excluding hydrogens is 284 g/mol. The Morgan fingerprint density at radius 3 is 3.14 bits per heavy atom. The summed E-state index contributed by atoms with van der Waals surface area (Å²) in [6.07, 6.45) is 5.55. The summed E-state index contributed by atoms with van der Waals surface area (Å²) in [5.41, 5.74) is 3.28. The Morgan fingerprint density at radius 2 is 2.23 bits per heavy atom. The number of H-pyrrole nitrogens is 1. The van der Waals surface area contributed by atoms with Crippen LogP contribution in [-0.2, 0) is 28.9 Å². The third-order valence-electron chi connectivity index (χ3n) is 4.34. The summed E-state index contributed by atoms with van der Waals surface area (Å²) < 4.78 is 16.2. The summed E-state index contributed by atoms with van der Waals surface area (Å²) in [6, 6.07) is 0. The van der Waals surface area contributed by atoms with Crippen molar-refractivity contribution in [3.63, 3.8) is 0 Å². The maximum atomic E-state index is 5.64. The van der Waals surface area contributed by atoms with Gasteiger partial charge in [-0.15, -0.1) is 0 Å². The molecule has 4 rings (SSSR count). The first-order valence-electron chi connectivity index (χ1n) is 7.94. The van der Waals surface area contributed by atoms with Crippen LogP contribution in [0.3, 0.4) is 0 Å². The van der Waals surface area contributed by atoms with Crippen LogP contribution in [0.25, 0.3) is 11.5 Å². The van der Waals surface area contributed by atoms with Gasteiger partial charge in [0, 0.05) is 23.8 Å². The fourth-order valence-corrected chi connectivity index (χ4v) is 3.10. The molecule has 1 aliphatic heterocycles. The number of nitrogens with zero attached hydrogens (tertiary/aromatic N) is 3. The summed E-state index contributed by atoms with van der Waals surface area (Å²) in [6.45, 7) is 2.64. The first kappa shape index (κ1) is 13.9. The number of aryl methyl sites for hydroxylation is 1. The summed E-state index contributed by atoms with van der Waals surface area (Å²) in [7, 11) is 0. The lowest BCUT2D eigenvalue weighted by atomic mass is 9.96. The van der Waals surface area contributed by atoms with E-state index < -0.39 is 0 Å². The van der Waals surface area contributed by atoms with E-state index in [1.54, 1.807) is 0 Å². The van der Waals surface area contributed by atoms with Gasteiger partial charge in [0.2, 0.25) is 5.82 Å². The van der Waals surface area contributed by atoms with Crippen molar-refractivity contribution < 1.29 is 14.0 Å². The molecule has 1 saturated heterocycles. The number of ether oxygens (including phenoxy) is 2. The molecule has 1 fully saturated rings. The van der Waals surface area contributed by atoms with Crippen molar-refractivity contribution in [3.05, 3.63) is 17.1 Å². The fourth-order valence-electron chi connectivity index (χ4n) is 3.10. The lowest BCUT2D eigenvalue weighted by Gasteiger charge is -2.09. The fraction of sp³-hybridized carbons (Fsp3) is 0.667. The van der Waals surface area contributed by atoms with E-state index in [4.69, 9.17) is 14.0 Å². The van der Waals surface area contributed by atoms with E-state index in [9.17, 15) is 0 Å². The molecule has 2 aromatic rings. The van der Waals surface area contributed by atoms with Crippen molar-refractivity contribution in [2.75, 3.05) is 19.8 Å². The van der Waals surface area contributed by atoms with Crippen molar-refractivity contribution in [2.24, 2.45) is 5.92 Å². The number of aromatic nitrogens is 4. The van der Waals surface area contributed by atoms with Crippen LogP contribution in [0.2, 0.25) is 0 Å². The smallest absolute Gasteiger partial charge is 0.253 e. The van der Waals surface area contributed by atoms with Crippen molar-refractivity contribution in [2.45, 2.75) is 38.7 Å². The second-order valence-corrected chi connectivity index (χ2v) is 5.99. The molecule has 1 unspecified atom stereocenters. The van der Waals surface area contributed by atoms with Crippen LogP contribution in [0.5, 0.6) is 0 Å². The summed E-state index contributed by atoms with van der Waals surface area (Å²) in [4.78, 5) is 4.41. The molecule has 0 bridgehead atoms. The molecule has 118 valence electrons. The summed E-state index contributed by atoms with van der Waals surface area (Å²) in [5.74, 6) is 1.55. The Kier molecular flexibility index (Phi) is 3.90. The minimum Gasteiger partial charge on any atom is -0.381 e. The Labute approximate surface area is 128 Å². The number of nitrogens with one attached hydrogen (secondary N) is 1. The monoisotopic (exact) mass is 304 g/mol. The van der Waals surface area contributed by atoms with E-state index in [-0.39, 0.29) is 0 Å². The van der Waals surface area contributed by atoms with E-state index in [2.05, 4.69) is 20.3 Å². The van der Waals surface area contributed by atoms with E-state index in [1.165, 1.54) is 24.1 Å². The van der Waals surface area contributed by atoms with Crippen LogP contribution in [0.15, 0.2) is 4.52 Å². The average Bonchev–Trinajstić information content (AvgIpc) is 3.27. The highest BCUT2D eigenvalue weighted by Crippen LogP contribution is 2.27. The average molecular weight is 304 g/mol. The number of rotatable bonds is 5. The van der Waals surface area contributed by atoms with Crippen LogP contribution in [0.4, 0.5) is 0 Å². The van der Waals surface area contributed by atoms with Crippen molar-refractivity contribution in [1.29, 1.82) is 0 Å². The van der Waals surface area contributed by atoms with Gasteiger partial charge >= 0.3 is 0 Å². The molecule has 0 spiro atoms. The number of aromatic amines is 1. The zero-order valence-electron chi connectivity index (χ0n) is 12.5. The summed E-state index contributed by atoms with van der Waals surface area (Å²) in [5, 5.41) is 11.5. The Bertz CT molecular complexity index is 631. The zero-order chi connectivity index (χ0) is 14.8. The van der Waals surface area contributed by atoms with E-state index in [0.29, 0.717) is 30.8 Å². The highest BCUT2D eigenvalue weighted by molar-refractivity contribution is 5.56. The van der Waals surface area contributed by atoms with Gasteiger partial charge < -0.3 is 14.0 Å². The molecule has 7 nitrogen and oxygen atoms in total. The molecule has 1 aliphatic carbocycles. The molecule has 2 aromatic heterocycles. The van der Waals surface area contributed by atoms with E-state index in [1.807, 2.05) is 0 Å². The van der Waals surface area contributed by atoms with Crippen LogP contribution < -0.4 is 0 Å². The number of hydrogen-bond donors (Lipinski definition) is 1. The summed E-state index contributed by atoms with van der Waals surface area (Å²) >= 11 is 0. The zero-order valence-corrected chi connectivity index (χ0v) is 12.5. The second kappa shape index (κ2) is 6.18. The van der Waals surface area contributed by atoms with Gasteiger partial charge in [0.1, 0.15) is 12.3 Å². The lowest BCUT2D eigenvalue weighted by molar-refractivity contribution is 0.0635. The minimum absolute atomic E-state index is 0.343. The third-order valence-corrected chi connectivity index (χ3v) is 4.34. The Hall–Kier alpha value is -1.73. The standard InChI is InChI=1S/C15H20N4O3/c1-2-4-12-11(3-1)14(18-17-12)15-16-13(22-19-15)9-21-8-10-5-6-20-7-10/h10H,1-9H2,(H,17,18). The number of hydrogen-bond acceptors (Lipinski definition) is 6. The van der Waals surface area contributed by atoms with Gasteiger partial charge in [0.15, 0.2) is 0 Å². The molecule has 0 aromatic carbocycles. The Morgan fingerprint density at radius 1 is 1.27 bits per heavy atom. The maximum Gasteiger partial charge on any atom is 0.253 e. The van der Waals surface area contributed by atoms with Crippen molar-refractivity contribution in [1.82, 2.24) is 20.3 Å². The largest absolute Gasteiger partial charge is 0.381 e. The topological polar surface area (TPSA) is 86.1 Å². The van der Waals surface area contributed by atoms with Gasteiger partial charge in [-0.25, -0.2) is 0 Å². The molecule has 0 radical (unpaired) electrons. The molecule has 0 saturated carbocycles. The van der Waals surface area contributed by atoms with Crippen LogP contribution in [0, 0.1) is 5.92 Å². The van der Waals surface area contributed by atoms with Gasteiger partial charge in [-0.1, -0.05) is 5.16 Å². The molecule has 22 heavy (non-hydrogen) atoms. The first-order chi connectivity index (χ1) is 10.9. The maximum absolute atomic E-state index is 5.64. The van der Waals surface area contributed by atoms with Gasteiger partial charge in [0.25, 0.3) is 5.89 Å². The normalized spacial score (nSPS) is 21.2. The van der Waals surface area contributed by atoms with Crippen molar-refractivity contribution >= 4 is 0 Å². The molecule has 0 amide bonds. The highest BCUT2D eigenvalue weighted by Gasteiger charge is 2.22. The van der Waals surface area contributed by atoms with Gasteiger partial charge in [-0.2, -0.15) is 10.1 Å². The molecule has 1 N–H and O–H groups in total. The molecule has 3 heterocycles. The SMILES string of the molecule is C1CCc2c(-c3noc(COCC4CCOC4)n3)n[nH]c2C1. The first-order valence-corrected chi connectivity index (χ1v) is 7.94. The second-order valence-electron chi connectivity index (χ2n) is 5.99. The van der Waals surface area contributed by atoms with Gasteiger partial charge in [-0.05, 0) is 32.1 Å². The van der Waals surface area contributed by atoms with Gasteiger partial charge in [-0.3, -0.25) is 5.10 Å². The van der Waals surface area contributed by atoms with Gasteiger partial charge in [0.05, 0.1) is 13.2 Å². The molecule has 7 heteroatoms. The molecule has 2 aliphatic rings.